The number of rotatable bonds is 16. The van der Waals surface area contributed by atoms with Crippen LogP contribution in [0.25, 0.3) is 0 Å². The van der Waals surface area contributed by atoms with Gasteiger partial charge in [0.25, 0.3) is 5.91 Å². The minimum Gasteiger partial charge on any atom is -0.411 e. The fourth-order valence-electron chi connectivity index (χ4n) is 5.90. The van der Waals surface area contributed by atoms with E-state index in [-0.39, 0.29) is 41.3 Å². The highest BCUT2D eigenvalue weighted by atomic mass is 16.5. The van der Waals surface area contributed by atoms with Gasteiger partial charge in [-0.25, -0.2) is 0 Å². The number of nitrogens with two attached hydrogens (primary N) is 1. The van der Waals surface area contributed by atoms with E-state index in [2.05, 4.69) is 61.0 Å². The molecule has 15 heteroatoms. The zero-order valence-corrected chi connectivity index (χ0v) is 40.6. The third-order valence-electron chi connectivity index (χ3n) is 10.2. The van der Waals surface area contributed by atoms with Crippen LogP contribution in [-0.4, -0.2) is 103 Å². The average Bonchev–Trinajstić information content (AvgIpc) is 3.97. The summed E-state index contributed by atoms with van der Waals surface area (Å²) in [4.78, 5) is 58.7. The quantitative estimate of drug-likeness (QED) is 0.0239. The van der Waals surface area contributed by atoms with Gasteiger partial charge in [0.05, 0.1) is 12.3 Å². The number of aryl methyl sites for hydroxylation is 1. The maximum Gasteiger partial charge on any atom is 0.250 e. The molecule has 4 unspecified atom stereocenters. The van der Waals surface area contributed by atoms with Crippen LogP contribution in [0, 0.1) is 23.7 Å². The van der Waals surface area contributed by atoms with Gasteiger partial charge in [0.1, 0.15) is 25.2 Å². The van der Waals surface area contributed by atoms with Crippen molar-refractivity contribution in [3.63, 3.8) is 0 Å². The number of carbonyl (C=O) groups excluding carboxylic acids is 5. The molecule has 8 N–H and O–H groups in total. The Balaban J connectivity index is 0.000000976. The van der Waals surface area contributed by atoms with E-state index in [1.807, 2.05) is 58.9 Å². The summed E-state index contributed by atoms with van der Waals surface area (Å²) in [5, 5.41) is 33.9. The molecule has 0 spiro atoms. The normalized spacial score (nSPS) is 18.4. The van der Waals surface area contributed by atoms with E-state index < -0.39 is 24.0 Å². The van der Waals surface area contributed by atoms with E-state index in [1.165, 1.54) is 49.8 Å². The number of aliphatic hydroxyl groups excluding tert-OH is 1. The van der Waals surface area contributed by atoms with Crippen molar-refractivity contribution in [1.82, 2.24) is 26.2 Å². The zero-order valence-electron chi connectivity index (χ0n) is 40.6. The minimum atomic E-state index is -1.33. The molecule has 3 fully saturated rings. The molecule has 1 heterocycles. The van der Waals surface area contributed by atoms with Crippen molar-refractivity contribution in [3.8, 4) is 0 Å². The van der Waals surface area contributed by atoms with Crippen molar-refractivity contribution in [2.24, 2.45) is 27.6 Å². The Labute approximate surface area is 379 Å². The van der Waals surface area contributed by atoms with Gasteiger partial charge in [0.2, 0.25) is 18.2 Å². The molecule has 0 aromatic heterocycles. The van der Waals surface area contributed by atoms with E-state index >= 15 is 0 Å². The number of nitrogens with zero attached hydrogens (tertiary/aromatic N) is 2. The highest BCUT2D eigenvalue weighted by Gasteiger charge is 2.37. The summed E-state index contributed by atoms with van der Waals surface area (Å²) in [5.74, 6) is -0.946. The van der Waals surface area contributed by atoms with Crippen molar-refractivity contribution in [1.29, 1.82) is 0 Å². The van der Waals surface area contributed by atoms with Crippen LogP contribution >= 0.6 is 0 Å². The van der Waals surface area contributed by atoms with Gasteiger partial charge < -0.3 is 51.7 Å². The molecule has 1 aromatic rings. The number of methoxy groups -OCH3 is 1. The molecule has 2 aliphatic carbocycles. The lowest BCUT2D eigenvalue weighted by Gasteiger charge is -2.28. The first-order valence-electron chi connectivity index (χ1n) is 22.8. The predicted molar refractivity (Wildman–Crippen MR) is 252 cm³/mol. The smallest absolute Gasteiger partial charge is 0.250 e. The number of benzene rings is 1. The first-order valence-corrected chi connectivity index (χ1v) is 22.8. The van der Waals surface area contributed by atoms with Gasteiger partial charge in [-0.15, -0.1) is 0 Å². The summed E-state index contributed by atoms with van der Waals surface area (Å²) in [6.07, 6.45) is 15.7. The van der Waals surface area contributed by atoms with Crippen LogP contribution in [0.2, 0.25) is 0 Å². The number of oxime groups is 1. The fraction of sp³-hybridized carbons (Fsp3) is 0.708. The molecule has 15 nitrogen and oxygen atoms in total. The number of hydrogen-bond acceptors (Lipinski definition) is 11. The van der Waals surface area contributed by atoms with Crippen LogP contribution in [0.3, 0.4) is 0 Å². The van der Waals surface area contributed by atoms with Crippen LogP contribution < -0.4 is 27.0 Å². The number of nitrogens with one attached hydrogen (secondary N) is 4. The summed E-state index contributed by atoms with van der Waals surface area (Å²) >= 11 is 0. The minimum absolute atomic E-state index is 0.0283. The molecule has 1 aromatic carbocycles. The highest BCUT2D eigenvalue weighted by Crippen LogP contribution is 2.27. The maximum absolute atomic E-state index is 12.6. The Kier molecular flexibility index (Phi) is 29.9. The number of hydrogen-bond donors (Lipinski definition) is 7. The third-order valence-corrected chi connectivity index (χ3v) is 10.2. The largest absolute Gasteiger partial charge is 0.411 e. The van der Waals surface area contributed by atoms with Crippen LogP contribution in [0.15, 0.2) is 41.3 Å². The monoisotopic (exact) mass is 888 g/mol. The van der Waals surface area contributed by atoms with Crippen LogP contribution in [0.5, 0.6) is 0 Å². The maximum atomic E-state index is 12.6. The fourth-order valence-corrected chi connectivity index (χ4v) is 5.90. The lowest BCUT2D eigenvalue weighted by atomic mass is 9.88. The van der Waals surface area contributed by atoms with E-state index in [9.17, 15) is 34.3 Å². The Hall–Kier alpha value is -4.50. The number of allylic oxidation sites excluding steroid dienone is 1. The summed E-state index contributed by atoms with van der Waals surface area (Å²) < 4.78 is 4.82. The zero-order chi connectivity index (χ0) is 48.0. The highest BCUT2D eigenvalue weighted by molar-refractivity contribution is 6.00. The van der Waals surface area contributed by atoms with Gasteiger partial charge in [0.15, 0.2) is 0 Å². The van der Waals surface area contributed by atoms with Gasteiger partial charge in [0, 0.05) is 49.5 Å². The second kappa shape index (κ2) is 32.2. The molecule has 4 rings (SSSR count). The first-order chi connectivity index (χ1) is 29.6. The average molecular weight is 888 g/mol. The molecule has 63 heavy (non-hydrogen) atoms. The second-order valence-electron chi connectivity index (χ2n) is 18.9. The van der Waals surface area contributed by atoms with Gasteiger partial charge >= 0.3 is 0 Å². The lowest BCUT2D eigenvalue weighted by molar-refractivity contribution is -0.133. The Morgan fingerprint density at radius 2 is 1.57 bits per heavy atom. The molecule has 360 valence electrons. The van der Waals surface area contributed by atoms with Crippen molar-refractivity contribution in [2.45, 2.75) is 177 Å². The standard InChI is InChI=1S/C21H28N4O5.C13H27N3O2.C6H12.C5H10O.C3H8/c1-13-3-2-4-15(7-13)17(24-30)8-14-9-18(25(11-14)12-26)20(28)22-10-19(27)21(29)23-16-5-6-16;1-10(13(2,3)4)16-12(17)7-6-11(14)8-15-9-18-5;1-2-4-6-5-3-1;1-5(2,3)4-6;1-3-2/h2-4,7,12,14,16,18-19,27,30H,5-6,8-11H2,1H3,(H,22,28)(H,23,29);8,10,15H,6-7,9,14H2,1-5H3,(H,16,17);1-6H2;4H,1-3H3;3H2,1-2H3/b24-17+;11-8-;;;. The van der Waals surface area contributed by atoms with Gasteiger partial charge in [-0.3, -0.25) is 19.2 Å². The number of likely N-dealkylation sites (tertiary alicyclic amines) is 1. The molecule has 4 atom stereocenters. The van der Waals surface area contributed by atoms with Gasteiger partial charge in [-0.05, 0) is 62.8 Å². The van der Waals surface area contributed by atoms with E-state index in [0.29, 0.717) is 56.8 Å². The summed E-state index contributed by atoms with van der Waals surface area (Å²) in [7, 11) is 1.60. The van der Waals surface area contributed by atoms with E-state index in [1.54, 1.807) is 13.3 Å². The predicted octanol–water partition coefficient (Wildman–Crippen LogP) is 6.47. The topological polar surface area (TPSA) is 225 Å². The number of aliphatic hydroxyl groups is 1. The first kappa shape index (κ1) is 58.5. The van der Waals surface area contributed by atoms with Gasteiger partial charge in [-0.1, -0.05) is 135 Å². The number of aldehydes is 1. The van der Waals surface area contributed by atoms with Crippen molar-refractivity contribution in [3.05, 3.63) is 47.3 Å². The molecular formula is C48H85N7O8. The van der Waals surface area contributed by atoms with E-state index in [0.717, 1.165) is 30.3 Å². The van der Waals surface area contributed by atoms with Crippen LogP contribution in [0.1, 0.15) is 157 Å². The lowest BCUT2D eigenvalue weighted by Crippen LogP contribution is -2.48. The molecule has 0 bridgehead atoms. The third kappa shape index (κ3) is 28.7. The molecule has 4 amide bonds. The number of amides is 4. The Morgan fingerprint density at radius 1 is 1.00 bits per heavy atom. The second-order valence-corrected chi connectivity index (χ2v) is 18.9. The SMILES string of the molecule is C1CCCCC1.CC(C)(C)C=O.CCC.COCN/C=C(\N)CCC(=O)NC(C)C(C)(C)C.Cc1cccc(/C(CC2CC(C(=O)NCC(O)C(=O)NC3CC3)N(C=O)C2)=N/O)c1. The molecule has 2 saturated carbocycles. The summed E-state index contributed by atoms with van der Waals surface area (Å²) in [5.41, 5.74) is 8.65. The van der Waals surface area contributed by atoms with Crippen molar-refractivity contribution >= 4 is 36.1 Å². The number of ether oxygens (including phenoxy) is 1. The molecule has 1 aliphatic heterocycles. The molecule has 1 saturated heterocycles. The van der Waals surface area contributed by atoms with Gasteiger partial charge in [-0.2, -0.15) is 0 Å². The van der Waals surface area contributed by atoms with Crippen LogP contribution in [-0.2, 0) is 28.7 Å². The molecule has 3 aliphatic rings. The molecule has 0 radical (unpaired) electrons. The Bertz CT molecular complexity index is 1520. The molecular weight excluding hydrogens is 803 g/mol. The van der Waals surface area contributed by atoms with Crippen molar-refractivity contribution < 1.29 is 39.0 Å². The van der Waals surface area contributed by atoms with Crippen molar-refractivity contribution in [2.75, 3.05) is 26.9 Å². The summed E-state index contributed by atoms with van der Waals surface area (Å²) in [6, 6.07) is 7.17. The van der Waals surface area contributed by atoms with Crippen LogP contribution in [0.4, 0.5) is 0 Å². The Morgan fingerprint density at radius 3 is 2.03 bits per heavy atom. The van der Waals surface area contributed by atoms with E-state index in [4.69, 9.17) is 10.5 Å². The summed E-state index contributed by atoms with van der Waals surface area (Å²) in [6.45, 7) is 20.7. The number of carbonyl (C=O) groups is 5.